The number of nitriles is 2. The smallest absolute Gasteiger partial charge is 0.247 e. The maximum atomic E-state index is 12.8. The van der Waals surface area contributed by atoms with Gasteiger partial charge in [-0.05, 0) is 49.7 Å². The van der Waals surface area contributed by atoms with Crippen molar-refractivity contribution in [1.29, 1.82) is 10.5 Å². The van der Waals surface area contributed by atoms with Gasteiger partial charge in [0, 0.05) is 12.1 Å². The highest BCUT2D eigenvalue weighted by atomic mass is 32.2. The van der Waals surface area contributed by atoms with Crippen LogP contribution in [0.4, 0.5) is 5.69 Å². The Labute approximate surface area is 155 Å². The van der Waals surface area contributed by atoms with Crippen LogP contribution in [0.5, 0.6) is 0 Å². The molecule has 0 N–H and O–H groups in total. The highest BCUT2D eigenvalue weighted by Crippen LogP contribution is 2.35. The van der Waals surface area contributed by atoms with E-state index in [1.807, 2.05) is 26.0 Å². The quantitative estimate of drug-likeness (QED) is 0.779. The molecule has 1 atom stereocenters. The minimum atomic E-state index is -0.626. The van der Waals surface area contributed by atoms with E-state index in [1.54, 1.807) is 24.3 Å². The summed E-state index contributed by atoms with van der Waals surface area (Å²) in [6.45, 7) is 3.64. The molecule has 1 aliphatic heterocycles. The topological polar surface area (TPSA) is 97.9 Å². The molecule has 6 nitrogen and oxygen atoms in total. The van der Waals surface area contributed by atoms with Crippen LogP contribution < -0.4 is 4.90 Å². The van der Waals surface area contributed by atoms with Gasteiger partial charge in [-0.3, -0.25) is 9.59 Å². The maximum Gasteiger partial charge on any atom is 0.247 e. The Morgan fingerprint density at radius 3 is 2.46 bits per heavy atom. The lowest BCUT2D eigenvalue weighted by atomic mass is 10.1. The van der Waals surface area contributed by atoms with Gasteiger partial charge in [0.2, 0.25) is 11.8 Å². The van der Waals surface area contributed by atoms with E-state index in [0.717, 1.165) is 27.9 Å². The molecule has 0 radical (unpaired) electrons. The van der Waals surface area contributed by atoms with E-state index in [-0.39, 0.29) is 18.2 Å². The summed E-state index contributed by atoms with van der Waals surface area (Å²) in [4.78, 5) is 30.6. The van der Waals surface area contributed by atoms with Crippen molar-refractivity contribution in [2.75, 3.05) is 4.90 Å². The molecule has 1 unspecified atom stereocenters. The van der Waals surface area contributed by atoms with Crippen molar-refractivity contribution in [2.24, 2.45) is 0 Å². The summed E-state index contributed by atoms with van der Waals surface area (Å²) >= 11 is 1.15. The number of nitrogens with zero attached hydrogens (tertiary/aromatic N) is 4. The lowest BCUT2D eigenvalue weighted by Crippen LogP contribution is -2.31. The van der Waals surface area contributed by atoms with E-state index in [4.69, 9.17) is 5.26 Å². The van der Waals surface area contributed by atoms with Gasteiger partial charge in [0.1, 0.15) is 11.1 Å². The third-order valence-electron chi connectivity index (χ3n) is 4.04. The molecule has 1 aromatic heterocycles. The Balaban J connectivity index is 1.88. The van der Waals surface area contributed by atoms with E-state index < -0.39 is 5.25 Å². The van der Waals surface area contributed by atoms with Gasteiger partial charge < -0.3 is 0 Å². The fourth-order valence-corrected chi connectivity index (χ4v) is 4.03. The number of hydrogen-bond acceptors (Lipinski definition) is 6. The van der Waals surface area contributed by atoms with Gasteiger partial charge in [-0.2, -0.15) is 10.5 Å². The average molecular weight is 362 g/mol. The molecule has 7 heteroatoms. The highest BCUT2D eigenvalue weighted by Gasteiger charge is 2.40. The van der Waals surface area contributed by atoms with Gasteiger partial charge in [0.05, 0.1) is 28.1 Å². The zero-order valence-electron chi connectivity index (χ0n) is 14.2. The van der Waals surface area contributed by atoms with Crippen LogP contribution in [-0.4, -0.2) is 22.0 Å². The number of imide groups is 1. The van der Waals surface area contributed by atoms with E-state index in [1.165, 1.54) is 0 Å². The van der Waals surface area contributed by atoms with E-state index in [0.29, 0.717) is 21.8 Å². The third-order valence-corrected chi connectivity index (χ3v) is 5.21. The molecular weight excluding hydrogens is 348 g/mol. The fourth-order valence-electron chi connectivity index (χ4n) is 2.81. The molecule has 26 heavy (non-hydrogen) atoms. The largest absolute Gasteiger partial charge is 0.274 e. The van der Waals surface area contributed by atoms with Crippen molar-refractivity contribution in [3.05, 3.63) is 52.7 Å². The van der Waals surface area contributed by atoms with Crippen LogP contribution in [0.15, 0.2) is 35.4 Å². The summed E-state index contributed by atoms with van der Waals surface area (Å²) in [5.41, 5.74) is 2.87. The third kappa shape index (κ3) is 3.17. The molecule has 2 heterocycles. The number of amides is 2. The normalized spacial score (nSPS) is 16.5. The standard InChI is InChI=1S/C19H14N4O2S/c1-11-7-12(2)22-18(15(11)10-21)26-16-8-17(24)23(19(16)25)14-5-3-13(9-20)4-6-14/h3-7,16H,8H2,1-2H3. The summed E-state index contributed by atoms with van der Waals surface area (Å²) in [6, 6.07) is 12.2. The molecule has 0 bridgehead atoms. The average Bonchev–Trinajstić information content (AvgIpc) is 2.88. The van der Waals surface area contributed by atoms with E-state index in [2.05, 4.69) is 11.1 Å². The molecule has 1 fully saturated rings. The van der Waals surface area contributed by atoms with Crippen molar-refractivity contribution >= 4 is 29.3 Å². The first kappa shape index (κ1) is 17.7. The molecule has 1 saturated heterocycles. The predicted octanol–water partition coefficient (Wildman–Crippen LogP) is 2.87. The minimum Gasteiger partial charge on any atom is -0.274 e. The second kappa shape index (κ2) is 6.99. The van der Waals surface area contributed by atoms with Crippen LogP contribution in [0.25, 0.3) is 0 Å². The Hall–Kier alpha value is -3.16. The molecule has 0 aliphatic carbocycles. The summed E-state index contributed by atoms with van der Waals surface area (Å²) < 4.78 is 0. The maximum absolute atomic E-state index is 12.8. The number of carbonyl (C=O) groups excluding carboxylic acids is 2. The van der Waals surface area contributed by atoms with E-state index in [9.17, 15) is 14.9 Å². The first-order valence-corrected chi connectivity index (χ1v) is 8.74. The number of rotatable bonds is 3. The van der Waals surface area contributed by atoms with Crippen molar-refractivity contribution < 1.29 is 9.59 Å². The number of aryl methyl sites for hydroxylation is 2. The van der Waals surface area contributed by atoms with Gasteiger partial charge in [-0.25, -0.2) is 9.88 Å². The first-order chi connectivity index (χ1) is 12.4. The number of anilines is 1. The molecule has 2 aromatic rings. The molecule has 1 aliphatic rings. The minimum absolute atomic E-state index is 0.0447. The van der Waals surface area contributed by atoms with Crippen LogP contribution in [0.1, 0.15) is 28.8 Å². The van der Waals surface area contributed by atoms with Crippen molar-refractivity contribution in [3.8, 4) is 12.1 Å². The Kier molecular flexibility index (Phi) is 4.75. The molecule has 0 spiro atoms. The SMILES string of the molecule is Cc1cc(C)c(C#N)c(SC2CC(=O)N(c3ccc(C#N)cc3)C2=O)n1. The van der Waals surface area contributed by atoms with Crippen molar-refractivity contribution in [2.45, 2.75) is 30.5 Å². The molecule has 2 amide bonds. The van der Waals surface area contributed by atoms with Crippen molar-refractivity contribution in [1.82, 2.24) is 4.98 Å². The first-order valence-electron chi connectivity index (χ1n) is 7.86. The van der Waals surface area contributed by atoms with Gasteiger partial charge in [0.25, 0.3) is 0 Å². The van der Waals surface area contributed by atoms with E-state index >= 15 is 0 Å². The Morgan fingerprint density at radius 2 is 1.85 bits per heavy atom. The molecule has 1 aromatic carbocycles. The Morgan fingerprint density at radius 1 is 1.15 bits per heavy atom. The predicted molar refractivity (Wildman–Crippen MR) is 96.3 cm³/mol. The van der Waals surface area contributed by atoms with Crippen LogP contribution in [-0.2, 0) is 9.59 Å². The molecular formula is C19H14N4O2S. The summed E-state index contributed by atoms with van der Waals surface area (Å²) in [5.74, 6) is -0.644. The van der Waals surface area contributed by atoms with Crippen LogP contribution in [0.3, 0.4) is 0 Å². The van der Waals surface area contributed by atoms with Gasteiger partial charge in [-0.15, -0.1) is 0 Å². The highest BCUT2D eigenvalue weighted by molar-refractivity contribution is 8.00. The van der Waals surface area contributed by atoms with Crippen LogP contribution in [0, 0.1) is 36.5 Å². The lowest BCUT2D eigenvalue weighted by Gasteiger charge is -2.15. The summed E-state index contributed by atoms with van der Waals surface area (Å²) in [6.07, 6.45) is 0.0447. The molecule has 3 rings (SSSR count). The number of pyridine rings is 1. The second-order valence-corrected chi connectivity index (χ2v) is 7.10. The number of aromatic nitrogens is 1. The van der Waals surface area contributed by atoms with Gasteiger partial charge >= 0.3 is 0 Å². The number of hydrogen-bond donors (Lipinski definition) is 0. The zero-order chi connectivity index (χ0) is 18.8. The zero-order valence-corrected chi connectivity index (χ0v) is 15.0. The number of thioether (sulfide) groups is 1. The monoisotopic (exact) mass is 362 g/mol. The number of carbonyl (C=O) groups is 2. The van der Waals surface area contributed by atoms with Gasteiger partial charge in [-0.1, -0.05) is 11.8 Å². The lowest BCUT2D eigenvalue weighted by molar-refractivity contribution is -0.121. The molecule has 0 saturated carbocycles. The Bertz CT molecular complexity index is 986. The molecule has 128 valence electrons. The fraction of sp³-hybridized carbons (Fsp3) is 0.211. The summed E-state index contributed by atoms with van der Waals surface area (Å²) in [7, 11) is 0. The number of benzene rings is 1. The van der Waals surface area contributed by atoms with Crippen LogP contribution in [0.2, 0.25) is 0 Å². The summed E-state index contributed by atoms with van der Waals surface area (Å²) in [5, 5.41) is 18.1. The van der Waals surface area contributed by atoms with Gasteiger partial charge in [0.15, 0.2) is 0 Å². The second-order valence-electron chi connectivity index (χ2n) is 5.91. The van der Waals surface area contributed by atoms with Crippen molar-refractivity contribution in [3.63, 3.8) is 0 Å². The van der Waals surface area contributed by atoms with Crippen LogP contribution >= 0.6 is 11.8 Å².